The molecule has 1 aliphatic heterocycles. The Morgan fingerprint density at radius 1 is 1.26 bits per heavy atom. The van der Waals surface area contributed by atoms with E-state index in [1.54, 1.807) is 0 Å². The van der Waals surface area contributed by atoms with Gasteiger partial charge in [-0.15, -0.1) is 0 Å². The van der Waals surface area contributed by atoms with Gasteiger partial charge in [0.2, 0.25) is 5.89 Å². The van der Waals surface area contributed by atoms with Crippen LogP contribution in [0.3, 0.4) is 0 Å². The summed E-state index contributed by atoms with van der Waals surface area (Å²) in [7, 11) is 0. The SMILES string of the molecule is Cc1nc(C2(NCC3CCCO3)CCCCC2)no1. The molecule has 3 rings (SSSR count). The summed E-state index contributed by atoms with van der Waals surface area (Å²) in [6.07, 6.45) is 8.65. The maximum absolute atomic E-state index is 5.70. The Balaban J connectivity index is 1.72. The van der Waals surface area contributed by atoms with Gasteiger partial charge in [0.25, 0.3) is 0 Å². The van der Waals surface area contributed by atoms with Crippen molar-refractivity contribution in [1.29, 1.82) is 0 Å². The van der Waals surface area contributed by atoms with Gasteiger partial charge in [0.05, 0.1) is 11.6 Å². The van der Waals surface area contributed by atoms with Gasteiger partial charge < -0.3 is 14.6 Å². The molecule has 2 heterocycles. The Hall–Kier alpha value is -0.940. The zero-order valence-corrected chi connectivity index (χ0v) is 11.7. The van der Waals surface area contributed by atoms with Crippen molar-refractivity contribution in [3.63, 3.8) is 0 Å². The van der Waals surface area contributed by atoms with Gasteiger partial charge in [0.1, 0.15) is 0 Å². The molecule has 1 atom stereocenters. The van der Waals surface area contributed by atoms with Crippen molar-refractivity contribution in [3.8, 4) is 0 Å². The number of nitrogens with zero attached hydrogens (tertiary/aromatic N) is 2. The van der Waals surface area contributed by atoms with E-state index in [1.165, 1.54) is 25.7 Å². The first-order chi connectivity index (χ1) is 9.28. The normalized spacial score (nSPS) is 26.7. The summed E-state index contributed by atoms with van der Waals surface area (Å²) in [6, 6.07) is 0. The maximum Gasteiger partial charge on any atom is 0.223 e. The minimum atomic E-state index is -0.0953. The van der Waals surface area contributed by atoms with Gasteiger partial charge in [0.15, 0.2) is 5.82 Å². The van der Waals surface area contributed by atoms with E-state index in [1.807, 2.05) is 6.92 Å². The summed E-state index contributed by atoms with van der Waals surface area (Å²) in [6.45, 7) is 3.65. The number of aromatic nitrogens is 2. The molecule has 19 heavy (non-hydrogen) atoms. The highest BCUT2D eigenvalue weighted by molar-refractivity contribution is 5.07. The molecule has 0 amide bonds. The van der Waals surface area contributed by atoms with Crippen molar-refractivity contribution < 1.29 is 9.26 Å². The first-order valence-electron chi connectivity index (χ1n) is 7.46. The summed E-state index contributed by atoms with van der Waals surface area (Å²) in [4.78, 5) is 4.47. The van der Waals surface area contributed by atoms with Crippen molar-refractivity contribution >= 4 is 0 Å². The molecule has 106 valence electrons. The lowest BCUT2D eigenvalue weighted by atomic mass is 9.81. The molecule has 1 N–H and O–H groups in total. The van der Waals surface area contributed by atoms with Gasteiger partial charge in [-0.1, -0.05) is 24.4 Å². The van der Waals surface area contributed by atoms with Crippen molar-refractivity contribution in [3.05, 3.63) is 11.7 Å². The molecule has 1 aromatic heterocycles. The van der Waals surface area contributed by atoms with Crippen LogP contribution in [0.2, 0.25) is 0 Å². The Labute approximate surface area is 114 Å². The Morgan fingerprint density at radius 2 is 2.11 bits per heavy atom. The fourth-order valence-corrected chi connectivity index (χ4v) is 3.24. The minimum absolute atomic E-state index is 0.0953. The quantitative estimate of drug-likeness (QED) is 0.905. The number of ether oxygens (including phenoxy) is 1. The number of hydrogen-bond acceptors (Lipinski definition) is 5. The van der Waals surface area contributed by atoms with Crippen LogP contribution >= 0.6 is 0 Å². The smallest absolute Gasteiger partial charge is 0.223 e. The fourth-order valence-electron chi connectivity index (χ4n) is 3.24. The van der Waals surface area contributed by atoms with Gasteiger partial charge in [-0.3, -0.25) is 0 Å². The highest BCUT2D eigenvalue weighted by Crippen LogP contribution is 2.35. The van der Waals surface area contributed by atoms with Gasteiger partial charge in [-0.05, 0) is 25.7 Å². The molecule has 0 aromatic carbocycles. The second-order valence-corrected chi connectivity index (χ2v) is 5.80. The number of nitrogens with one attached hydrogen (secondary N) is 1. The summed E-state index contributed by atoms with van der Waals surface area (Å²) in [5.74, 6) is 1.49. The molecule has 5 heteroatoms. The predicted molar refractivity (Wildman–Crippen MR) is 70.8 cm³/mol. The van der Waals surface area contributed by atoms with Gasteiger partial charge in [0, 0.05) is 20.1 Å². The van der Waals surface area contributed by atoms with Crippen LogP contribution in [0.1, 0.15) is 56.7 Å². The lowest BCUT2D eigenvalue weighted by molar-refractivity contribution is 0.0920. The highest BCUT2D eigenvalue weighted by Gasteiger charge is 2.38. The average Bonchev–Trinajstić information content (AvgIpc) is 3.09. The zero-order chi connectivity index (χ0) is 13.1. The first-order valence-corrected chi connectivity index (χ1v) is 7.46. The van der Waals surface area contributed by atoms with Crippen molar-refractivity contribution in [2.45, 2.75) is 63.5 Å². The maximum atomic E-state index is 5.70. The molecule has 1 saturated heterocycles. The monoisotopic (exact) mass is 265 g/mol. The molecule has 2 aliphatic rings. The minimum Gasteiger partial charge on any atom is -0.377 e. The van der Waals surface area contributed by atoms with Crippen molar-refractivity contribution in [2.75, 3.05) is 13.2 Å². The molecule has 5 nitrogen and oxygen atoms in total. The van der Waals surface area contributed by atoms with E-state index < -0.39 is 0 Å². The zero-order valence-electron chi connectivity index (χ0n) is 11.7. The van der Waals surface area contributed by atoms with Crippen LogP contribution in [0, 0.1) is 6.92 Å². The molecular formula is C14H23N3O2. The lowest BCUT2D eigenvalue weighted by Crippen LogP contribution is -2.47. The molecule has 1 aromatic rings. The second-order valence-electron chi connectivity index (χ2n) is 5.80. The summed E-state index contributed by atoms with van der Waals surface area (Å²) in [5, 5.41) is 7.86. The van der Waals surface area contributed by atoms with Crippen LogP contribution in [-0.2, 0) is 10.3 Å². The molecule has 0 spiro atoms. The summed E-state index contributed by atoms with van der Waals surface area (Å²) >= 11 is 0. The largest absolute Gasteiger partial charge is 0.377 e. The number of rotatable bonds is 4. The van der Waals surface area contributed by atoms with Crippen LogP contribution in [0.4, 0.5) is 0 Å². The van der Waals surface area contributed by atoms with E-state index in [2.05, 4.69) is 15.5 Å². The van der Waals surface area contributed by atoms with Gasteiger partial charge in [-0.25, -0.2) is 0 Å². The van der Waals surface area contributed by atoms with E-state index in [0.29, 0.717) is 12.0 Å². The van der Waals surface area contributed by atoms with Gasteiger partial charge in [-0.2, -0.15) is 4.98 Å². The van der Waals surface area contributed by atoms with Crippen LogP contribution in [-0.4, -0.2) is 29.4 Å². The molecule has 2 fully saturated rings. The standard InChI is InChI=1S/C14H23N3O2/c1-11-16-13(17-19-11)14(7-3-2-4-8-14)15-10-12-6-5-9-18-12/h12,15H,2-10H2,1H3. The Kier molecular flexibility index (Phi) is 3.84. The average molecular weight is 265 g/mol. The predicted octanol–water partition coefficient (Wildman–Crippen LogP) is 2.31. The Bertz CT molecular complexity index is 407. The Morgan fingerprint density at radius 3 is 2.74 bits per heavy atom. The molecule has 1 unspecified atom stereocenters. The second kappa shape index (κ2) is 5.59. The molecule has 1 saturated carbocycles. The third-order valence-electron chi connectivity index (χ3n) is 4.35. The third-order valence-corrected chi connectivity index (χ3v) is 4.35. The van der Waals surface area contributed by atoms with E-state index in [-0.39, 0.29) is 5.54 Å². The molecule has 1 aliphatic carbocycles. The van der Waals surface area contributed by atoms with Gasteiger partial charge >= 0.3 is 0 Å². The summed E-state index contributed by atoms with van der Waals surface area (Å²) in [5.41, 5.74) is -0.0953. The highest BCUT2D eigenvalue weighted by atomic mass is 16.5. The van der Waals surface area contributed by atoms with Crippen LogP contribution in [0.15, 0.2) is 4.52 Å². The van der Waals surface area contributed by atoms with Crippen LogP contribution in [0.25, 0.3) is 0 Å². The fraction of sp³-hybridized carbons (Fsp3) is 0.857. The molecule has 0 bridgehead atoms. The lowest BCUT2D eigenvalue weighted by Gasteiger charge is -2.36. The van der Waals surface area contributed by atoms with E-state index in [9.17, 15) is 0 Å². The summed E-state index contributed by atoms with van der Waals surface area (Å²) < 4.78 is 10.9. The first kappa shape index (κ1) is 13.1. The van der Waals surface area contributed by atoms with Crippen molar-refractivity contribution in [1.82, 2.24) is 15.5 Å². The van der Waals surface area contributed by atoms with Crippen LogP contribution < -0.4 is 5.32 Å². The number of aryl methyl sites for hydroxylation is 1. The third kappa shape index (κ3) is 2.82. The van der Waals surface area contributed by atoms with E-state index in [4.69, 9.17) is 9.26 Å². The van der Waals surface area contributed by atoms with E-state index in [0.717, 1.165) is 38.2 Å². The number of hydrogen-bond donors (Lipinski definition) is 1. The van der Waals surface area contributed by atoms with E-state index >= 15 is 0 Å². The topological polar surface area (TPSA) is 60.2 Å². The molecule has 0 radical (unpaired) electrons. The van der Waals surface area contributed by atoms with Crippen molar-refractivity contribution in [2.24, 2.45) is 0 Å². The van der Waals surface area contributed by atoms with Crippen LogP contribution in [0.5, 0.6) is 0 Å². The molecular weight excluding hydrogens is 242 g/mol.